The molecule has 0 fully saturated rings. The van der Waals surface area contributed by atoms with Gasteiger partial charge in [0.2, 0.25) is 5.95 Å². The molecule has 78 valence electrons. The van der Waals surface area contributed by atoms with Crippen LogP contribution in [-0.4, -0.2) is 20.2 Å². The van der Waals surface area contributed by atoms with Gasteiger partial charge in [-0.1, -0.05) is 11.6 Å². The van der Waals surface area contributed by atoms with Gasteiger partial charge in [0, 0.05) is 17.8 Å². The van der Waals surface area contributed by atoms with Crippen molar-refractivity contribution in [2.75, 3.05) is 5.32 Å². The Morgan fingerprint density at radius 1 is 1.33 bits per heavy atom. The molecule has 15 heavy (non-hydrogen) atoms. The number of nitrogens with one attached hydrogen (secondary N) is 2. The smallest absolute Gasteiger partial charge is 0.222 e. The molecule has 0 unspecified atom stereocenters. The Kier molecular flexibility index (Phi) is 2.82. The van der Waals surface area contributed by atoms with Crippen LogP contribution in [0.4, 0.5) is 5.95 Å². The molecular formula is C9H10ClN5. The van der Waals surface area contributed by atoms with E-state index in [1.807, 2.05) is 6.92 Å². The summed E-state index contributed by atoms with van der Waals surface area (Å²) in [6.45, 7) is 2.61. The van der Waals surface area contributed by atoms with Crippen molar-refractivity contribution in [2.24, 2.45) is 0 Å². The third-order valence-corrected chi connectivity index (χ3v) is 2.19. The van der Waals surface area contributed by atoms with Crippen molar-refractivity contribution in [3.8, 4) is 0 Å². The molecule has 0 aliphatic rings. The Morgan fingerprint density at radius 3 is 2.67 bits per heavy atom. The van der Waals surface area contributed by atoms with Crippen LogP contribution in [0.2, 0.25) is 5.02 Å². The number of nitrogens with zero attached hydrogens (tertiary/aromatic N) is 3. The zero-order valence-corrected chi connectivity index (χ0v) is 8.91. The van der Waals surface area contributed by atoms with Gasteiger partial charge in [-0.15, -0.1) is 0 Å². The first kappa shape index (κ1) is 9.92. The molecule has 5 nitrogen and oxygen atoms in total. The van der Waals surface area contributed by atoms with E-state index >= 15 is 0 Å². The zero-order chi connectivity index (χ0) is 10.7. The molecule has 0 spiro atoms. The highest BCUT2D eigenvalue weighted by atomic mass is 35.5. The van der Waals surface area contributed by atoms with Gasteiger partial charge in [-0.3, -0.25) is 5.10 Å². The van der Waals surface area contributed by atoms with Gasteiger partial charge in [0.05, 0.1) is 23.6 Å². The summed E-state index contributed by atoms with van der Waals surface area (Å²) in [5.41, 5.74) is 2.13. The molecule has 6 heteroatoms. The van der Waals surface area contributed by atoms with Gasteiger partial charge in [-0.05, 0) is 6.92 Å². The number of hydrogen-bond donors (Lipinski definition) is 2. The molecule has 0 bridgehead atoms. The lowest BCUT2D eigenvalue weighted by Crippen LogP contribution is -2.03. The van der Waals surface area contributed by atoms with Crippen LogP contribution in [0.15, 0.2) is 18.6 Å². The molecule has 0 atom stereocenters. The summed E-state index contributed by atoms with van der Waals surface area (Å²) in [6, 6.07) is 0. The second-order valence-corrected chi connectivity index (χ2v) is 3.54. The Labute approximate surface area is 91.9 Å². The summed E-state index contributed by atoms with van der Waals surface area (Å²) in [4.78, 5) is 8.05. The van der Waals surface area contributed by atoms with Gasteiger partial charge < -0.3 is 5.32 Å². The maximum atomic E-state index is 5.67. The fourth-order valence-electron chi connectivity index (χ4n) is 1.13. The summed E-state index contributed by atoms with van der Waals surface area (Å²) < 4.78 is 0. The number of anilines is 1. The average molecular weight is 224 g/mol. The van der Waals surface area contributed by atoms with Crippen LogP contribution in [0.25, 0.3) is 0 Å². The van der Waals surface area contributed by atoms with Crippen molar-refractivity contribution in [3.05, 3.63) is 34.9 Å². The summed E-state index contributed by atoms with van der Waals surface area (Å²) in [5, 5.41) is 10.4. The van der Waals surface area contributed by atoms with Crippen molar-refractivity contribution >= 4 is 17.5 Å². The minimum atomic E-state index is 0.528. The number of aryl methyl sites for hydroxylation is 1. The molecule has 0 saturated heterocycles. The fraction of sp³-hybridized carbons (Fsp3) is 0.222. The monoisotopic (exact) mass is 223 g/mol. The van der Waals surface area contributed by atoms with Gasteiger partial charge >= 0.3 is 0 Å². The molecule has 2 aromatic heterocycles. The lowest BCUT2D eigenvalue weighted by Gasteiger charge is -2.02. The van der Waals surface area contributed by atoms with E-state index in [-0.39, 0.29) is 0 Å². The van der Waals surface area contributed by atoms with Crippen LogP contribution in [0.1, 0.15) is 11.3 Å². The number of H-pyrrole nitrogens is 1. The zero-order valence-electron chi connectivity index (χ0n) is 8.16. The SMILES string of the molecule is Cc1[nH]ncc1CNc1ncc(Cl)cn1. The van der Waals surface area contributed by atoms with E-state index in [1.54, 1.807) is 18.6 Å². The van der Waals surface area contributed by atoms with E-state index in [4.69, 9.17) is 11.6 Å². The van der Waals surface area contributed by atoms with Crippen LogP contribution < -0.4 is 5.32 Å². The summed E-state index contributed by atoms with van der Waals surface area (Å²) >= 11 is 5.67. The second-order valence-electron chi connectivity index (χ2n) is 3.10. The predicted molar refractivity (Wildman–Crippen MR) is 57.7 cm³/mol. The first-order valence-corrected chi connectivity index (χ1v) is 4.84. The number of halogens is 1. The summed E-state index contributed by atoms with van der Waals surface area (Å²) in [5.74, 6) is 0.556. The highest BCUT2D eigenvalue weighted by molar-refractivity contribution is 6.30. The lowest BCUT2D eigenvalue weighted by molar-refractivity contribution is 1.03. The Balaban J connectivity index is 1.99. The highest BCUT2D eigenvalue weighted by Gasteiger charge is 2.00. The molecular weight excluding hydrogens is 214 g/mol. The van der Waals surface area contributed by atoms with E-state index in [0.29, 0.717) is 17.5 Å². The molecule has 0 radical (unpaired) electrons. The molecule has 0 amide bonds. The standard InChI is InChI=1S/C9H10ClN5/c1-6-7(3-14-15-6)2-11-9-12-4-8(10)5-13-9/h3-5H,2H2,1H3,(H,14,15)(H,11,12,13). The van der Waals surface area contributed by atoms with Crippen molar-refractivity contribution in [3.63, 3.8) is 0 Å². The minimum Gasteiger partial charge on any atom is -0.350 e. The second kappa shape index (κ2) is 4.27. The molecule has 2 heterocycles. The van der Waals surface area contributed by atoms with Crippen LogP contribution in [0.3, 0.4) is 0 Å². The number of hydrogen-bond acceptors (Lipinski definition) is 4. The first-order chi connectivity index (χ1) is 7.25. The number of aromatic nitrogens is 4. The van der Waals surface area contributed by atoms with Gasteiger partial charge in [0.1, 0.15) is 0 Å². The Hall–Kier alpha value is -1.62. The third-order valence-electron chi connectivity index (χ3n) is 1.99. The van der Waals surface area contributed by atoms with Gasteiger partial charge in [-0.25, -0.2) is 9.97 Å². The van der Waals surface area contributed by atoms with E-state index in [2.05, 4.69) is 25.5 Å². The van der Waals surface area contributed by atoms with Crippen LogP contribution in [-0.2, 0) is 6.54 Å². The topological polar surface area (TPSA) is 66.5 Å². The molecule has 0 aliphatic carbocycles. The Morgan fingerprint density at radius 2 is 2.07 bits per heavy atom. The highest BCUT2D eigenvalue weighted by Crippen LogP contribution is 2.08. The summed E-state index contributed by atoms with van der Waals surface area (Å²) in [6.07, 6.45) is 4.89. The maximum Gasteiger partial charge on any atom is 0.222 e. The van der Waals surface area contributed by atoms with Gasteiger partial charge in [0.25, 0.3) is 0 Å². The number of aromatic amines is 1. The maximum absolute atomic E-state index is 5.67. The first-order valence-electron chi connectivity index (χ1n) is 4.46. The van der Waals surface area contributed by atoms with E-state index in [9.17, 15) is 0 Å². The Bertz CT molecular complexity index is 436. The third kappa shape index (κ3) is 2.44. The lowest BCUT2D eigenvalue weighted by atomic mass is 10.3. The van der Waals surface area contributed by atoms with E-state index < -0.39 is 0 Å². The molecule has 2 aromatic rings. The van der Waals surface area contributed by atoms with Crippen molar-refractivity contribution in [1.82, 2.24) is 20.2 Å². The van der Waals surface area contributed by atoms with Crippen LogP contribution in [0.5, 0.6) is 0 Å². The van der Waals surface area contributed by atoms with E-state index in [1.165, 1.54) is 0 Å². The van der Waals surface area contributed by atoms with Crippen molar-refractivity contribution < 1.29 is 0 Å². The predicted octanol–water partition coefficient (Wildman–Crippen LogP) is 1.77. The van der Waals surface area contributed by atoms with Crippen LogP contribution in [0, 0.1) is 6.92 Å². The largest absolute Gasteiger partial charge is 0.350 e. The molecule has 0 saturated carbocycles. The molecule has 0 aromatic carbocycles. The normalized spacial score (nSPS) is 10.3. The fourth-order valence-corrected chi connectivity index (χ4v) is 1.23. The molecule has 0 aliphatic heterocycles. The van der Waals surface area contributed by atoms with E-state index in [0.717, 1.165) is 11.3 Å². The van der Waals surface area contributed by atoms with Crippen LogP contribution >= 0.6 is 11.6 Å². The quantitative estimate of drug-likeness (QED) is 0.833. The number of rotatable bonds is 3. The molecule has 2 rings (SSSR count). The minimum absolute atomic E-state index is 0.528. The van der Waals surface area contributed by atoms with Crippen molar-refractivity contribution in [1.29, 1.82) is 0 Å². The summed E-state index contributed by atoms with van der Waals surface area (Å²) in [7, 11) is 0. The van der Waals surface area contributed by atoms with Gasteiger partial charge in [-0.2, -0.15) is 5.10 Å². The molecule has 2 N–H and O–H groups in total. The van der Waals surface area contributed by atoms with Gasteiger partial charge in [0.15, 0.2) is 0 Å². The van der Waals surface area contributed by atoms with Crippen molar-refractivity contribution in [2.45, 2.75) is 13.5 Å². The average Bonchev–Trinajstić information content (AvgIpc) is 2.63.